The molecule has 3 aromatic carbocycles. The van der Waals surface area contributed by atoms with E-state index in [9.17, 15) is 14.4 Å². The van der Waals surface area contributed by atoms with Gasteiger partial charge in [-0.1, -0.05) is 18.5 Å². The lowest BCUT2D eigenvalue weighted by Crippen LogP contribution is -2.11. The van der Waals surface area contributed by atoms with Crippen LogP contribution in [0.2, 0.25) is 5.02 Å². The molecule has 0 fully saturated rings. The molecule has 0 aliphatic heterocycles. The summed E-state index contributed by atoms with van der Waals surface area (Å²) in [6.45, 7) is 2.08. The largest absolute Gasteiger partial charge is 0.485 e. The minimum atomic E-state index is -0.420. The lowest BCUT2D eigenvalue weighted by molar-refractivity contribution is 0.0505. The van der Waals surface area contributed by atoms with Gasteiger partial charge in [-0.05, 0) is 67.1 Å². The first-order valence-corrected chi connectivity index (χ1v) is 11.2. The molecule has 8 heteroatoms. The molecule has 4 rings (SSSR count). The Hall–Kier alpha value is -4.10. The Balaban J connectivity index is 1.44. The predicted octanol–water partition coefficient (Wildman–Crippen LogP) is 6.07. The number of benzene rings is 3. The molecule has 0 bridgehead atoms. The SMILES string of the molecule is CCCOC(=O)c1ccc(Oc2coc3cc(OCC(=O)c4ccc(Cl)cc4)ccc3c2=O)cc1. The van der Waals surface area contributed by atoms with Gasteiger partial charge in [0.05, 0.1) is 17.6 Å². The van der Waals surface area contributed by atoms with Gasteiger partial charge in [0.25, 0.3) is 0 Å². The molecular weight excluding hydrogens is 472 g/mol. The molecule has 0 unspecified atom stereocenters. The van der Waals surface area contributed by atoms with Gasteiger partial charge in [-0.2, -0.15) is 0 Å². The van der Waals surface area contributed by atoms with Crippen molar-refractivity contribution in [3.63, 3.8) is 0 Å². The second kappa shape index (κ2) is 10.9. The number of hydrogen-bond donors (Lipinski definition) is 0. The quantitative estimate of drug-likeness (QED) is 0.207. The van der Waals surface area contributed by atoms with Gasteiger partial charge in [-0.15, -0.1) is 0 Å². The predicted molar refractivity (Wildman–Crippen MR) is 131 cm³/mol. The fourth-order valence-corrected chi connectivity index (χ4v) is 3.31. The Morgan fingerprint density at radius 3 is 2.31 bits per heavy atom. The highest BCUT2D eigenvalue weighted by molar-refractivity contribution is 6.30. The van der Waals surface area contributed by atoms with Gasteiger partial charge in [-0.25, -0.2) is 4.79 Å². The lowest BCUT2D eigenvalue weighted by atomic mass is 10.1. The van der Waals surface area contributed by atoms with Gasteiger partial charge in [0, 0.05) is 16.7 Å². The van der Waals surface area contributed by atoms with Crippen molar-refractivity contribution in [2.45, 2.75) is 13.3 Å². The standard InChI is InChI=1S/C27H21ClO7/c1-2-13-32-27(31)18-5-9-20(10-6-18)35-25-16-34-24-14-21(11-12-22(24)26(25)30)33-15-23(29)17-3-7-19(28)8-4-17/h3-12,14,16H,2,13,15H2,1H3. The second-order valence-corrected chi connectivity index (χ2v) is 8.00. The molecular formula is C27H21ClO7. The van der Waals surface area contributed by atoms with Gasteiger partial charge >= 0.3 is 5.97 Å². The normalized spacial score (nSPS) is 10.7. The molecule has 0 saturated heterocycles. The van der Waals surface area contributed by atoms with Crippen LogP contribution in [-0.4, -0.2) is 25.0 Å². The number of rotatable bonds is 9. The molecule has 4 aromatic rings. The minimum Gasteiger partial charge on any atom is -0.485 e. The monoisotopic (exact) mass is 492 g/mol. The zero-order chi connectivity index (χ0) is 24.8. The minimum absolute atomic E-state index is 0.00889. The van der Waals surface area contributed by atoms with Crippen LogP contribution in [0.15, 0.2) is 82.2 Å². The first-order valence-electron chi connectivity index (χ1n) is 10.9. The highest BCUT2D eigenvalue weighted by Crippen LogP contribution is 2.24. The van der Waals surface area contributed by atoms with Crippen LogP contribution < -0.4 is 14.9 Å². The Bertz CT molecular complexity index is 1410. The number of esters is 1. The number of fused-ring (bicyclic) bond motifs is 1. The number of ketones is 1. The summed E-state index contributed by atoms with van der Waals surface area (Å²) >= 11 is 5.84. The molecule has 0 radical (unpaired) electrons. The maximum Gasteiger partial charge on any atom is 0.338 e. The van der Waals surface area contributed by atoms with Gasteiger partial charge in [0.1, 0.15) is 23.3 Å². The maximum absolute atomic E-state index is 12.9. The van der Waals surface area contributed by atoms with E-state index in [0.717, 1.165) is 6.42 Å². The molecule has 1 aromatic heterocycles. The van der Waals surface area contributed by atoms with Crippen molar-refractivity contribution in [3.8, 4) is 17.2 Å². The van der Waals surface area contributed by atoms with E-state index in [4.69, 9.17) is 30.2 Å². The van der Waals surface area contributed by atoms with Crippen molar-refractivity contribution in [3.05, 3.63) is 99.4 Å². The molecule has 0 atom stereocenters. The molecule has 0 amide bonds. The van der Waals surface area contributed by atoms with E-state index in [2.05, 4.69) is 0 Å². The second-order valence-electron chi connectivity index (χ2n) is 7.57. The molecule has 0 saturated carbocycles. The van der Waals surface area contributed by atoms with Gasteiger partial charge < -0.3 is 18.6 Å². The molecule has 0 N–H and O–H groups in total. The van der Waals surface area contributed by atoms with Crippen molar-refractivity contribution in [2.75, 3.05) is 13.2 Å². The van der Waals surface area contributed by atoms with Crippen LogP contribution in [0, 0.1) is 0 Å². The van der Waals surface area contributed by atoms with E-state index in [1.807, 2.05) is 6.92 Å². The summed E-state index contributed by atoms with van der Waals surface area (Å²) in [7, 11) is 0. The first-order chi connectivity index (χ1) is 16.9. The zero-order valence-corrected chi connectivity index (χ0v) is 19.5. The Morgan fingerprint density at radius 2 is 1.60 bits per heavy atom. The summed E-state index contributed by atoms with van der Waals surface area (Å²) < 4.78 is 21.9. The lowest BCUT2D eigenvalue weighted by Gasteiger charge is -2.09. The van der Waals surface area contributed by atoms with Crippen LogP contribution in [0.3, 0.4) is 0 Å². The van der Waals surface area contributed by atoms with E-state index < -0.39 is 5.97 Å². The van der Waals surface area contributed by atoms with Gasteiger partial charge in [-0.3, -0.25) is 9.59 Å². The Kier molecular flexibility index (Phi) is 7.48. The third-order valence-electron chi connectivity index (χ3n) is 5.01. The van der Waals surface area contributed by atoms with E-state index in [1.165, 1.54) is 12.3 Å². The van der Waals surface area contributed by atoms with Gasteiger partial charge in [0.15, 0.2) is 12.4 Å². The number of carbonyl (C=O) groups is 2. The van der Waals surface area contributed by atoms with Crippen molar-refractivity contribution in [1.29, 1.82) is 0 Å². The van der Waals surface area contributed by atoms with E-state index in [-0.39, 0.29) is 29.2 Å². The van der Waals surface area contributed by atoms with Crippen LogP contribution in [0.1, 0.15) is 34.1 Å². The average molecular weight is 493 g/mol. The Labute approximate surface area is 205 Å². The van der Waals surface area contributed by atoms with E-state index in [1.54, 1.807) is 60.7 Å². The molecule has 1 heterocycles. The fraction of sp³-hybridized carbons (Fsp3) is 0.148. The first kappa shape index (κ1) is 24.0. The molecule has 0 spiro atoms. The van der Waals surface area contributed by atoms with Crippen LogP contribution in [0.5, 0.6) is 17.2 Å². The fourth-order valence-electron chi connectivity index (χ4n) is 3.18. The summed E-state index contributed by atoms with van der Waals surface area (Å²) in [5, 5.41) is 0.832. The van der Waals surface area contributed by atoms with Crippen molar-refractivity contribution in [1.82, 2.24) is 0 Å². The van der Waals surface area contributed by atoms with Crippen molar-refractivity contribution >= 4 is 34.3 Å². The molecule has 0 aliphatic carbocycles. The van der Waals surface area contributed by atoms with Crippen molar-refractivity contribution < 1.29 is 28.2 Å². The third kappa shape index (κ3) is 5.88. The molecule has 0 aliphatic rings. The van der Waals surface area contributed by atoms with Crippen molar-refractivity contribution in [2.24, 2.45) is 0 Å². The summed E-state index contributed by atoms with van der Waals surface area (Å²) in [5.74, 6) is 0.102. The number of hydrogen-bond acceptors (Lipinski definition) is 7. The van der Waals surface area contributed by atoms with Crippen LogP contribution in [0.4, 0.5) is 0 Å². The topological polar surface area (TPSA) is 92.0 Å². The zero-order valence-electron chi connectivity index (χ0n) is 18.8. The summed E-state index contributed by atoms with van der Waals surface area (Å²) in [6.07, 6.45) is 1.94. The smallest absolute Gasteiger partial charge is 0.338 e. The number of ether oxygens (including phenoxy) is 3. The van der Waals surface area contributed by atoms with Crippen LogP contribution >= 0.6 is 11.6 Å². The number of Topliss-reactive ketones (excluding diaryl/α,β-unsaturated/α-hetero) is 1. The van der Waals surface area contributed by atoms with E-state index in [0.29, 0.717) is 39.6 Å². The maximum atomic E-state index is 12.9. The van der Waals surface area contributed by atoms with Gasteiger partial charge in [0.2, 0.25) is 11.2 Å². The average Bonchev–Trinajstić information content (AvgIpc) is 2.88. The number of carbonyl (C=O) groups excluding carboxylic acids is 2. The number of halogens is 1. The molecule has 35 heavy (non-hydrogen) atoms. The third-order valence-corrected chi connectivity index (χ3v) is 5.26. The van der Waals surface area contributed by atoms with Crippen LogP contribution in [-0.2, 0) is 4.74 Å². The Morgan fingerprint density at radius 1 is 0.914 bits per heavy atom. The highest BCUT2D eigenvalue weighted by Gasteiger charge is 2.13. The molecule has 178 valence electrons. The molecule has 7 nitrogen and oxygen atoms in total. The summed E-state index contributed by atoms with van der Waals surface area (Å²) in [5.41, 5.74) is 0.780. The highest BCUT2D eigenvalue weighted by atomic mass is 35.5. The van der Waals surface area contributed by atoms with E-state index >= 15 is 0 Å². The summed E-state index contributed by atoms with van der Waals surface area (Å²) in [4.78, 5) is 37.0. The van der Waals surface area contributed by atoms with Crippen LogP contribution in [0.25, 0.3) is 11.0 Å². The summed E-state index contributed by atoms with van der Waals surface area (Å²) in [6, 6.07) is 17.4.